The zero-order valence-electron chi connectivity index (χ0n) is 13.5. The van der Waals surface area contributed by atoms with E-state index in [1.807, 2.05) is 0 Å². The molecule has 0 aromatic heterocycles. The first kappa shape index (κ1) is 14.8. The van der Waals surface area contributed by atoms with Crippen molar-refractivity contribution in [2.75, 3.05) is 39.8 Å². The second-order valence-electron chi connectivity index (χ2n) is 7.31. The maximum Gasteiger partial charge on any atom is 0.0113 e. The second kappa shape index (κ2) is 6.76. The van der Waals surface area contributed by atoms with Gasteiger partial charge in [0, 0.05) is 44.8 Å². The summed E-state index contributed by atoms with van der Waals surface area (Å²) in [5, 5.41) is 3.59. The summed E-state index contributed by atoms with van der Waals surface area (Å²) in [5.41, 5.74) is 0. The predicted octanol–water partition coefficient (Wildman–Crippen LogP) is 2.18. The average molecular weight is 279 g/mol. The zero-order chi connectivity index (χ0) is 13.9. The van der Waals surface area contributed by atoms with Crippen LogP contribution in [0.3, 0.4) is 0 Å². The molecule has 0 aromatic rings. The van der Waals surface area contributed by atoms with Crippen molar-refractivity contribution in [2.24, 2.45) is 11.8 Å². The van der Waals surface area contributed by atoms with E-state index in [9.17, 15) is 0 Å². The summed E-state index contributed by atoms with van der Waals surface area (Å²) in [6, 6.07) is 1.72. The van der Waals surface area contributed by atoms with Crippen molar-refractivity contribution in [3.8, 4) is 0 Å². The van der Waals surface area contributed by atoms with Crippen molar-refractivity contribution in [1.82, 2.24) is 15.1 Å². The van der Waals surface area contributed by atoms with Gasteiger partial charge in [0.2, 0.25) is 0 Å². The molecule has 0 spiro atoms. The van der Waals surface area contributed by atoms with Crippen LogP contribution in [0.5, 0.6) is 0 Å². The summed E-state index contributed by atoms with van der Waals surface area (Å²) in [7, 11) is 2.16. The van der Waals surface area contributed by atoms with Crippen LogP contribution in [0.4, 0.5) is 0 Å². The second-order valence-corrected chi connectivity index (χ2v) is 7.31. The van der Waals surface area contributed by atoms with Gasteiger partial charge in [-0.1, -0.05) is 13.3 Å². The van der Waals surface area contributed by atoms with Crippen LogP contribution < -0.4 is 5.32 Å². The van der Waals surface area contributed by atoms with Crippen molar-refractivity contribution in [3.63, 3.8) is 0 Å². The van der Waals surface area contributed by atoms with E-state index >= 15 is 0 Å². The molecule has 0 amide bonds. The van der Waals surface area contributed by atoms with E-state index in [0.29, 0.717) is 0 Å². The quantitative estimate of drug-likeness (QED) is 0.832. The monoisotopic (exact) mass is 279 g/mol. The minimum atomic E-state index is 0.763. The summed E-state index contributed by atoms with van der Waals surface area (Å²) >= 11 is 0. The molecule has 2 saturated carbocycles. The minimum absolute atomic E-state index is 0.763. The molecule has 0 bridgehead atoms. The van der Waals surface area contributed by atoms with Gasteiger partial charge < -0.3 is 10.2 Å². The molecule has 1 aliphatic heterocycles. The highest BCUT2D eigenvalue weighted by molar-refractivity contribution is 4.90. The van der Waals surface area contributed by atoms with Crippen molar-refractivity contribution in [2.45, 2.75) is 57.5 Å². The molecule has 3 rings (SSSR count). The van der Waals surface area contributed by atoms with E-state index in [-0.39, 0.29) is 0 Å². The fraction of sp³-hybridized carbons (Fsp3) is 1.00. The average Bonchev–Trinajstić information content (AvgIpc) is 3.32. The molecule has 3 nitrogen and oxygen atoms in total. The topological polar surface area (TPSA) is 18.5 Å². The summed E-state index contributed by atoms with van der Waals surface area (Å²) in [4.78, 5) is 5.47. The third kappa shape index (κ3) is 3.55. The predicted molar refractivity (Wildman–Crippen MR) is 85.0 cm³/mol. The number of piperazine rings is 1. The van der Waals surface area contributed by atoms with Crippen LogP contribution >= 0.6 is 0 Å². The Bertz CT molecular complexity index is 295. The van der Waals surface area contributed by atoms with E-state index in [1.165, 1.54) is 71.2 Å². The third-order valence-corrected chi connectivity index (χ3v) is 6.00. The molecule has 20 heavy (non-hydrogen) atoms. The highest BCUT2D eigenvalue weighted by Crippen LogP contribution is 2.32. The lowest BCUT2D eigenvalue weighted by Gasteiger charge is -2.41. The third-order valence-electron chi connectivity index (χ3n) is 6.00. The van der Waals surface area contributed by atoms with Crippen LogP contribution in [-0.2, 0) is 0 Å². The minimum Gasteiger partial charge on any atom is -0.317 e. The smallest absolute Gasteiger partial charge is 0.0113 e. The van der Waals surface area contributed by atoms with E-state index in [2.05, 4.69) is 29.1 Å². The summed E-state index contributed by atoms with van der Waals surface area (Å²) in [6.45, 7) is 8.95. The van der Waals surface area contributed by atoms with Crippen molar-refractivity contribution < 1.29 is 0 Å². The van der Waals surface area contributed by atoms with E-state index in [1.54, 1.807) is 0 Å². The lowest BCUT2D eigenvalue weighted by atomic mass is 9.76. The molecule has 3 unspecified atom stereocenters. The van der Waals surface area contributed by atoms with Crippen molar-refractivity contribution in [1.29, 1.82) is 0 Å². The first-order chi connectivity index (χ1) is 9.80. The first-order valence-electron chi connectivity index (χ1n) is 8.93. The molecule has 3 atom stereocenters. The van der Waals surface area contributed by atoms with Crippen LogP contribution in [0.2, 0.25) is 0 Å². The van der Waals surface area contributed by atoms with Crippen molar-refractivity contribution >= 4 is 0 Å². The Labute approximate surface area is 125 Å². The van der Waals surface area contributed by atoms with Gasteiger partial charge in [0.1, 0.15) is 0 Å². The number of rotatable bonds is 5. The molecule has 2 aliphatic carbocycles. The Morgan fingerprint density at radius 3 is 2.35 bits per heavy atom. The van der Waals surface area contributed by atoms with Gasteiger partial charge in [-0.25, -0.2) is 0 Å². The van der Waals surface area contributed by atoms with E-state index < -0.39 is 0 Å². The molecule has 1 heterocycles. The Balaban J connectivity index is 1.47. The van der Waals surface area contributed by atoms with Crippen LogP contribution in [0.1, 0.15) is 45.4 Å². The van der Waals surface area contributed by atoms with Crippen LogP contribution in [-0.4, -0.2) is 61.7 Å². The molecule has 3 aliphatic rings. The molecule has 0 aromatic carbocycles. The first-order valence-corrected chi connectivity index (χ1v) is 8.93. The fourth-order valence-corrected chi connectivity index (χ4v) is 4.40. The van der Waals surface area contributed by atoms with Gasteiger partial charge in [-0.3, -0.25) is 4.90 Å². The lowest BCUT2D eigenvalue weighted by Crippen LogP contribution is -2.51. The van der Waals surface area contributed by atoms with Gasteiger partial charge in [-0.15, -0.1) is 0 Å². The molecule has 1 N–H and O–H groups in total. The van der Waals surface area contributed by atoms with Crippen molar-refractivity contribution in [3.05, 3.63) is 0 Å². The normalized spacial score (nSPS) is 37.2. The van der Waals surface area contributed by atoms with Crippen LogP contribution in [0, 0.1) is 11.8 Å². The standard InChI is InChI=1S/C17H33N3/c1-3-14-4-7-17(18-2)15(12-14)13-19-8-10-20(11-9-19)16-5-6-16/h14-18H,3-13H2,1-2H3. The summed E-state index contributed by atoms with van der Waals surface area (Å²) in [6.07, 6.45) is 8.58. The molecule has 116 valence electrons. The zero-order valence-corrected chi connectivity index (χ0v) is 13.5. The van der Waals surface area contributed by atoms with Gasteiger partial charge in [-0.05, 0) is 51.0 Å². The number of nitrogens with zero attached hydrogens (tertiary/aromatic N) is 2. The Morgan fingerprint density at radius 1 is 1.00 bits per heavy atom. The lowest BCUT2D eigenvalue weighted by molar-refractivity contribution is 0.0864. The fourth-order valence-electron chi connectivity index (χ4n) is 4.40. The van der Waals surface area contributed by atoms with Gasteiger partial charge >= 0.3 is 0 Å². The number of hydrogen-bond acceptors (Lipinski definition) is 3. The van der Waals surface area contributed by atoms with E-state index in [4.69, 9.17) is 0 Å². The van der Waals surface area contributed by atoms with Gasteiger partial charge in [-0.2, -0.15) is 0 Å². The highest BCUT2D eigenvalue weighted by atomic mass is 15.3. The van der Waals surface area contributed by atoms with Gasteiger partial charge in [0.05, 0.1) is 0 Å². The SMILES string of the molecule is CCC1CCC(NC)C(CN2CCN(C3CC3)CC2)C1. The number of nitrogens with one attached hydrogen (secondary N) is 1. The summed E-state index contributed by atoms with van der Waals surface area (Å²) in [5.74, 6) is 1.86. The molecule has 0 radical (unpaired) electrons. The summed E-state index contributed by atoms with van der Waals surface area (Å²) < 4.78 is 0. The van der Waals surface area contributed by atoms with Crippen LogP contribution in [0.15, 0.2) is 0 Å². The highest BCUT2D eigenvalue weighted by Gasteiger charge is 2.34. The van der Waals surface area contributed by atoms with Crippen LogP contribution in [0.25, 0.3) is 0 Å². The Kier molecular flexibility index (Phi) is 5.00. The molecule has 3 heteroatoms. The molecule has 1 saturated heterocycles. The molecular formula is C17H33N3. The van der Waals surface area contributed by atoms with E-state index in [0.717, 1.165) is 23.9 Å². The van der Waals surface area contributed by atoms with Gasteiger partial charge in [0.25, 0.3) is 0 Å². The maximum atomic E-state index is 3.59. The molecule has 3 fully saturated rings. The van der Waals surface area contributed by atoms with Gasteiger partial charge in [0.15, 0.2) is 0 Å². The largest absolute Gasteiger partial charge is 0.317 e. The molecular weight excluding hydrogens is 246 g/mol. The Hall–Kier alpha value is -0.120. The maximum absolute atomic E-state index is 3.59. The number of hydrogen-bond donors (Lipinski definition) is 1. The Morgan fingerprint density at radius 2 is 1.75 bits per heavy atom.